The molecule has 1 rings (SSSR count). The first-order chi connectivity index (χ1) is 9.78. The Morgan fingerprint density at radius 3 is 2.65 bits per heavy atom. The summed E-state index contributed by atoms with van der Waals surface area (Å²) in [5.74, 6) is 1.58. The zero-order valence-electron chi connectivity index (χ0n) is 12.9. The monoisotopic (exact) mass is 277 g/mol. The topological polar surface area (TPSA) is 30.5 Å². The van der Waals surface area contributed by atoms with Crippen LogP contribution >= 0.6 is 0 Å². The van der Waals surface area contributed by atoms with Crippen LogP contribution in [-0.2, 0) is 0 Å². The van der Waals surface area contributed by atoms with Gasteiger partial charge >= 0.3 is 0 Å². The fourth-order valence-corrected chi connectivity index (χ4v) is 2.32. The SMILES string of the molecule is C=CCC(NCCCCC)c1cccc(OC)c1OC. The summed E-state index contributed by atoms with van der Waals surface area (Å²) in [6, 6.07) is 6.22. The van der Waals surface area contributed by atoms with Crippen molar-refractivity contribution in [2.24, 2.45) is 0 Å². The Balaban J connectivity index is 2.87. The van der Waals surface area contributed by atoms with E-state index in [2.05, 4.69) is 24.9 Å². The highest BCUT2D eigenvalue weighted by atomic mass is 16.5. The summed E-state index contributed by atoms with van der Waals surface area (Å²) in [7, 11) is 3.35. The largest absolute Gasteiger partial charge is 0.493 e. The molecule has 0 fully saturated rings. The lowest BCUT2D eigenvalue weighted by molar-refractivity contribution is 0.346. The van der Waals surface area contributed by atoms with Crippen LogP contribution in [0.25, 0.3) is 0 Å². The van der Waals surface area contributed by atoms with E-state index in [9.17, 15) is 0 Å². The number of unbranched alkanes of at least 4 members (excludes halogenated alkanes) is 2. The number of hydrogen-bond acceptors (Lipinski definition) is 3. The standard InChI is InChI=1S/C17H27NO2/c1-5-7-8-13-18-15(10-6-2)14-11-9-12-16(19-3)17(14)20-4/h6,9,11-12,15,18H,2,5,7-8,10,13H2,1,3-4H3. The molecule has 1 N–H and O–H groups in total. The molecule has 0 aliphatic carbocycles. The molecule has 0 aliphatic rings. The van der Waals surface area contributed by atoms with Crippen LogP contribution in [-0.4, -0.2) is 20.8 Å². The summed E-state index contributed by atoms with van der Waals surface area (Å²) in [6.07, 6.45) is 6.49. The number of methoxy groups -OCH3 is 2. The lowest BCUT2D eigenvalue weighted by atomic mass is 10.0. The Bertz CT molecular complexity index is 404. The fraction of sp³-hybridized carbons (Fsp3) is 0.529. The number of rotatable bonds is 10. The molecule has 0 saturated heterocycles. The number of benzene rings is 1. The van der Waals surface area contributed by atoms with Crippen LogP contribution in [0.2, 0.25) is 0 Å². The summed E-state index contributed by atoms with van der Waals surface area (Å²) < 4.78 is 10.9. The first kappa shape index (κ1) is 16.6. The molecule has 112 valence electrons. The van der Waals surface area contributed by atoms with E-state index in [0.29, 0.717) is 0 Å². The first-order valence-corrected chi connectivity index (χ1v) is 7.33. The highest BCUT2D eigenvalue weighted by Crippen LogP contribution is 2.35. The van der Waals surface area contributed by atoms with E-state index in [1.165, 1.54) is 19.3 Å². The molecular formula is C17H27NO2. The Labute approximate surface area is 123 Å². The molecule has 20 heavy (non-hydrogen) atoms. The Hall–Kier alpha value is -1.48. The third kappa shape index (κ3) is 4.57. The van der Waals surface area contributed by atoms with Gasteiger partial charge in [-0.1, -0.05) is 38.0 Å². The second-order valence-electron chi connectivity index (χ2n) is 4.82. The van der Waals surface area contributed by atoms with E-state index >= 15 is 0 Å². The number of para-hydroxylation sites is 1. The average Bonchev–Trinajstić information content (AvgIpc) is 2.49. The third-order valence-corrected chi connectivity index (χ3v) is 3.38. The van der Waals surface area contributed by atoms with Crippen LogP contribution in [0.15, 0.2) is 30.9 Å². The van der Waals surface area contributed by atoms with Gasteiger partial charge in [-0.3, -0.25) is 0 Å². The molecule has 0 aromatic heterocycles. The molecule has 0 bridgehead atoms. The maximum atomic E-state index is 5.52. The second-order valence-corrected chi connectivity index (χ2v) is 4.82. The van der Waals surface area contributed by atoms with Crippen molar-refractivity contribution in [2.45, 2.75) is 38.6 Å². The van der Waals surface area contributed by atoms with E-state index in [4.69, 9.17) is 9.47 Å². The van der Waals surface area contributed by atoms with Gasteiger partial charge in [-0.05, 0) is 25.5 Å². The van der Waals surface area contributed by atoms with Crippen molar-refractivity contribution >= 4 is 0 Å². The first-order valence-electron chi connectivity index (χ1n) is 7.33. The smallest absolute Gasteiger partial charge is 0.165 e. The predicted molar refractivity (Wildman–Crippen MR) is 84.6 cm³/mol. The van der Waals surface area contributed by atoms with Crippen molar-refractivity contribution in [2.75, 3.05) is 20.8 Å². The molecule has 1 unspecified atom stereocenters. The van der Waals surface area contributed by atoms with Gasteiger partial charge in [0.2, 0.25) is 0 Å². The van der Waals surface area contributed by atoms with Gasteiger partial charge in [0.05, 0.1) is 14.2 Å². The van der Waals surface area contributed by atoms with E-state index in [1.54, 1.807) is 14.2 Å². The number of ether oxygens (including phenoxy) is 2. The summed E-state index contributed by atoms with van der Waals surface area (Å²) in [5.41, 5.74) is 1.13. The Morgan fingerprint density at radius 2 is 2.05 bits per heavy atom. The maximum Gasteiger partial charge on any atom is 0.165 e. The quantitative estimate of drug-likeness (QED) is 0.516. The van der Waals surface area contributed by atoms with E-state index < -0.39 is 0 Å². The van der Waals surface area contributed by atoms with E-state index in [-0.39, 0.29) is 6.04 Å². The fourth-order valence-electron chi connectivity index (χ4n) is 2.32. The number of hydrogen-bond donors (Lipinski definition) is 1. The Morgan fingerprint density at radius 1 is 1.25 bits per heavy atom. The summed E-state index contributed by atoms with van der Waals surface area (Å²) in [5, 5.41) is 3.59. The van der Waals surface area contributed by atoms with Crippen molar-refractivity contribution in [3.63, 3.8) is 0 Å². The normalized spacial score (nSPS) is 11.9. The van der Waals surface area contributed by atoms with Crippen LogP contribution in [0.5, 0.6) is 11.5 Å². The van der Waals surface area contributed by atoms with Gasteiger partial charge in [0.1, 0.15) is 0 Å². The molecule has 0 spiro atoms. The van der Waals surface area contributed by atoms with Crippen molar-refractivity contribution < 1.29 is 9.47 Å². The molecule has 3 heteroatoms. The summed E-state index contributed by atoms with van der Waals surface area (Å²) in [6.45, 7) is 7.08. The van der Waals surface area contributed by atoms with Gasteiger partial charge in [0.25, 0.3) is 0 Å². The van der Waals surface area contributed by atoms with Gasteiger partial charge in [-0.2, -0.15) is 0 Å². The van der Waals surface area contributed by atoms with E-state index in [1.807, 2.05) is 18.2 Å². The van der Waals surface area contributed by atoms with E-state index in [0.717, 1.165) is 30.0 Å². The molecule has 0 radical (unpaired) electrons. The molecule has 1 aromatic carbocycles. The molecule has 0 heterocycles. The van der Waals surface area contributed by atoms with Crippen molar-refractivity contribution in [1.82, 2.24) is 5.32 Å². The molecule has 0 aliphatic heterocycles. The van der Waals surface area contributed by atoms with Crippen LogP contribution in [0, 0.1) is 0 Å². The predicted octanol–water partition coefficient (Wildman–Crippen LogP) is 4.10. The zero-order chi connectivity index (χ0) is 14.8. The molecule has 1 aromatic rings. The van der Waals surface area contributed by atoms with Crippen LogP contribution in [0.3, 0.4) is 0 Å². The minimum atomic E-state index is 0.217. The van der Waals surface area contributed by atoms with Gasteiger partial charge < -0.3 is 14.8 Å². The summed E-state index contributed by atoms with van der Waals surface area (Å²) in [4.78, 5) is 0. The third-order valence-electron chi connectivity index (χ3n) is 3.38. The molecular weight excluding hydrogens is 250 g/mol. The van der Waals surface area contributed by atoms with Crippen molar-refractivity contribution in [3.05, 3.63) is 36.4 Å². The highest BCUT2D eigenvalue weighted by molar-refractivity contribution is 5.48. The lowest BCUT2D eigenvalue weighted by Crippen LogP contribution is -2.22. The van der Waals surface area contributed by atoms with Crippen molar-refractivity contribution in [1.29, 1.82) is 0 Å². The second kappa shape index (κ2) is 9.43. The molecule has 0 saturated carbocycles. The summed E-state index contributed by atoms with van der Waals surface area (Å²) >= 11 is 0. The van der Waals surface area contributed by atoms with Crippen molar-refractivity contribution in [3.8, 4) is 11.5 Å². The highest BCUT2D eigenvalue weighted by Gasteiger charge is 2.17. The minimum Gasteiger partial charge on any atom is -0.493 e. The molecule has 1 atom stereocenters. The maximum absolute atomic E-state index is 5.52. The average molecular weight is 277 g/mol. The number of nitrogens with one attached hydrogen (secondary N) is 1. The van der Waals surface area contributed by atoms with Crippen LogP contribution in [0.4, 0.5) is 0 Å². The van der Waals surface area contributed by atoms with Gasteiger partial charge in [-0.25, -0.2) is 0 Å². The van der Waals surface area contributed by atoms with Gasteiger partial charge in [0.15, 0.2) is 11.5 Å². The molecule has 0 amide bonds. The zero-order valence-corrected chi connectivity index (χ0v) is 12.9. The lowest BCUT2D eigenvalue weighted by Gasteiger charge is -2.21. The minimum absolute atomic E-state index is 0.217. The Kier molecular flexibility index (Phi) is 7.81. The molecule has 3 nitrogen and oxygen atoms in total. The van der Waals surface area contributed by atoms with Gasteiger partial charge in [-0.15, -0.1) is 6.58 Å². The van der Waals surface area contributed by atoms with Crippen LogP contribution in [0.1, 0.15) is 44.2 Å². The van der Waals surface area contributed by atoms with Crippen LogP contribution < -0.4 is 14.8 Å². The van der Waals surface area contributed by atoms with Gasteiger partial charge in [0, 0.05) is 11.6 Å².